The van der Waals surface area contributed by atoms with E-state index >= 15 is 13.2 Å². The highest BCUT2D eigenvalue weighted by Crippen LogP contribution is 2.46. The number of nitrogens with one attached hydrogen (secondary N) is 1. The maximum absolute atomic E-state index is 15.1. The summed E-state index contributed by atoms with van der Waals surface area (Å²) < 4.78 is 50.9. The second-order valence-corrected chi connectivity index (χ2v) is 10.5. The van der Waals surface area contributed by atoms with Gasteiger partial charge in [0, 0.05) is 23.4 Å². The highest BCUT2D eigenvalue weighted by atomic mass is 19.4. The lowest BCUT2D eigenvalue weighted by Crippen LogP contribution is -2.66. The molecule has 2 aromatic rings. The Morgan fingerprint density at radius 2 is 1.62 bits per heavy atom. The van der Waals surface area contributed by atoms with Crippen LogP contribution < -0.4 is 10.1 Å². The third-order valence-corrected chi connectivity index (χ3v) is 7.35. The number of ketones is 1. The van der Waals surface area contributed by atoms with Crippen molar-refractivity contribution in [3.63, 3.8) is 0 Å². The fourth-order valence-electron chi connectivity index (χ4n) is 5.43. The number of allylic oxidation sites excluding steroid dienone is 1. The second-order valence-electron chi connectivity index (χ2n) is 10.5. The van der Waals surface area contributed by atoms with Gasteiger partial charge < -0.3 is 15.0 Å². The van der Waals surface area contributed by atoms with Gasteiger partial charge in [-0.2, -0.15) is 13.2 Å². The molecule has 0 bridgehead atoms. The third kappa shape index (κ3) is 5.58. The van der Waals surface area contributed by atoms with Crippen LogP contribution in [-0.4, -0.2) is 46.9 Å². The lowest BCUT2D eigenvalue weighted by Gasteiger charge is -2.34. The Bertz CT molecular complexity index is 1250. The predicted octanol–water partition coefficient (Wildman–Crippen LogP) is 6.08. The Labute approximate surface area is 226 Å². The molecule has 1 atom stereocenters. The molecule has 1 unspecified atom stereocenters. The Morgan fingerprint density at radius 3 is 2.18 bits per heavy atom. The summed E-state index contributed by atoms with van der Waals surface area (Å²) in [7, 11) is 0. The molecule has 0 radical (unpaired) electrons. The maximum Gasteiger partial charge on any atom is 0.425 e. The number of Topliss-reactive ketones (excluding diaryl/α,β-unsaturated/α-hetero) is 1. The molecule has 0 saturated heterocycles. The molecular weight excluding hydrogens is 509 g/mol. The van der Waals surface area contributed by atoms with Crippen LogP contribution in [0, 0.1) is 5.92 Å². The van der Waals surface area contributed by atoms with Gasteiger partial charge in [0.2, 0.25) is 5.54 Å². The zero-order valence-corrected chi connectivity index (χ0v) is 22.3. The molecule has 0 aromatic heterocycles. The molecule has 1 fully saturated rings. The van der Waals surface area contributed by atoms with Crippen LogP contribution >= 0.6 is 0 Å². The Morgan fingerprint density at radius 1 is 1.00 bits per heavy atom. The zero-order valence-electron chi connectivity index (χ0n) is 22.3. The van der Waals surface area contributed by atoms with Gasteiger partial charge in [-0.25, -0.2) is 0 Å². The molecule has 4 rings (SSSR count). The van der Waals surface area contributed by atoms with Crippen LogP contribution in [0.4, 0.5) is 13.2 Å². The van der Waals surface area contributed by atoms with Gasteiger partial charge in [0.15, 0.2) is 5.78 Å². The highest BCUT2D eigenvalue weighted by Gasteiger charge is 2.70. The van der Waals surface area contributed by atoms with Gasteiger partial charge in [-0.3, -0.25) is 14.4 Å². The molecule has 6 nitrogen and oxygen atoms in total. The summed E-state index contributed by atoms with van der Waals surface area (Å²) in [6.45, 7) is 5.05. The minimum atomic E-state index is -5.29. The molecule has 1 aliphatic carbocycles. The molecular formula is C30H33F3N2O4. The van der Waals surface area contributed by atoms with E-state index in [1.54, 1.807) is 6.07 Å². The first kappa shape index (κ1) is 28.4. The summed E-state index contributed by atoms with van der Waals surface area (Å²) in [6.07, 6.45) is -0.941. The predicted molar refractivity (Wildman–Crippen MR) is 140 cm³/mol. The van der Waals surface area contributed by atoms with Crippen molar-refractivity contribution in [1.82, 2.24) is 10.2 Å². The molecule has 208 valence electrons. The number of carbonyl (C=O) groups is 3. The van der Waals surface area contributed by atoms with Crippen LogP contribution in [0.1, 0.15) is 73.6 Å². The van der Waals surface area contributed by atoms with Crippen molar-refractivity contribution in [2.75, 3.05) is 6.54 Å². The monoisotopic (exact) mass is 542 g/mol. The van der Waals surface area contributed by atoms with Crippen LogP contribution in [0.15, 0.2) is 65.9 Å². The van der Waals surface area contributed by atoms with Crippen molar-refractivity contribution in [2.45, 2.75) is 70.7 Å². The summed E-state index contributed by atoms with van der Waals surface area (Å²) in [5.41, 5.74) is -4.48. The van der Waals surface area contributed by atoms with E-state index in [1.807, 2.05) is 19.2 Å². The average Bonchev–Trinajstić information content (AvgIpc) is 3.11. The van der Waals surface area contributed by atoms with Crippen molar-refractivity contribution < 1.29 is 32.3 Å². The van der Waals surface area contributed by atoms with Crippen molar-refractivity contribution in [3.8, 4) is 5.75 Å². The Kier molecular flexibility index (Phi) is 8.18. The summed E-state index contributed by atoms with van der Waals surface area (Å²) in [5.74, 6) is -2.98. The van der Waals surface area contributed by atoms with E-state index in [0.29, 0.717) is 5.75 Å². The first-order valence-corrected chi connectivity index (χ1v) is 13.2. The lowest BCUT2D eigenvalue weighted by molar-refractivity contribution is -0.189. The van der Waals surface area contributed by atoms with Crippen LogP contribution in [0.2, 0.25) is 0 Å². The van der Waals surface area contributed by atoms with Crippen molar-refractivity contribution in [3.05, 3.63) is 77.0 Å². The summed E-state index contributed by atoms with van der Waals surface area (Å²) >= 11 is 0. The number of carbonyl (C=O) groups excluding carboxylic acids is 3. The van der Waals surface area contributed by atoms with E-state index in [1.165, 1.54) is 55.5 Å². The molecule has 1 heterocycles. The molecule has 1 aliphatic heterocycles. The van der Waals surface area contributed by atoms with Gasteiger partial charge >= 0.3 is 6.18 Å². The van der Waals surface area contributed by atoms with Crippen LogP contribution in [0.25, 0.3) is 0 Å². The van der Waals surface area contributed by atoms with Crippen molar-refractivity contribution in [2.24, 2.45) is 5.92 Å². The molecule has 1 saturated carbocycles. The van der Waals surface area contributed by atoms with Gasteiger partial charge in [-0.15, -0.1) is 0 Å². The lowest BCUT2D eigenvalue weighted by atomic mass is 9.84. The van der Waals surface area contributed by atoms with Crippen LogP contribution in [0.3, 0.4) is 0 Å². The van der Waals surface area contributed by atoms with E-state index in [9.17, 15) is 14.4 Å². The number of hydrogen-bond donors (Lipinski definition) is 1. The molecule has 39 heavy (non-hydrogen) atoms. The highest BCUT2D eigenvalue weighted by molar-refractivity contribution is 6.19. The minimum absolute atomic E-state index is 0.00257. The summed E-state index contributed by atoms with van der Waals surface area (Å²) in [4.78, 5) is 41.8. The van der Waals surface area contributed by atoms with E-state index < -0.39 is 34.9 Å². The average molecular weight is 543 g/mol. The number of rotatable bonds is 8. The van der Waals surface area contributed by atoms with Crippen LogP contribution in [0.5, 0.6) is 5.75 Å². The number of ether oxygens (including phenoxy) is 1. The summed E-state index contributed by atoms with van der Waals surface area (Å²) in [5, 5.41) is 1.98. The molecule has 2 aliphatic rings. The topological polar surface area (TPSA) is 75.7 Å². The van der Waals surface area contributed by atoms with Crippen molar-refractivity contribution >= 4 is 17.6 Å². The van der Waals surface area contributed by atoms with Gasteiger partial charge in [-0.1, -0.05) is 49.6 Å². The molecule has 0 spiro atoms. The Balaban J connectivity index is 1.78. The molecule has 2 amide bonds. The fourth-order valence-corrected chi connectivity index (χ4v) is 5.43. The van der Waals surface area contributed by atoms with Gasteiger partial charge in [-0.05, 0) is 63.8 Å². The number of nitrogens with zero attached hydrogens (tertiary/aromatic N) is 1. The standard InChI is InChI=1S/C30H33F3N2O4/c1-19(2)39-24-16-14-23(15-17-24)27(37)34-29(30(31,32)33)25(26(36)22-12-8-5-9-13-22)20(3)35(28(29)38)18-21-10-6-4-7-11-21/h5,8-9,12-17,19,21H,4,6-7,10-11,18H2,1-3H3,(H,34,37). The van der Waals surface area contributed by atoms with Crippen molar-refractivity contribution in [1.29, 1.82) is 0 Å². The minimum Gasteiger partial charge on any atom is -0.491 e. The molecule has 1 N–H and O–H groups in total. The second kappa shape index (κ2) is 11.2. The van der Waals surface area contributed by atoms with Crippen LogP contribution in [-0.2, 0) is 4.79 Å². The SMILES string of the molecule is CC1=C(C(=O)c2ccccc2)C(NC(=O)c2ccc(OC(C)C)cc2)(C(F)(F)F)C(=O)N1CC1CCCCC1. The van der Waals surface area contributed by atoms with Gasteiger partial charge in [0.25, 0.3) is 11.8 Å². The van der Waals surface area contributed by atoms with E-state index in [-0.39, 0.29) is 35.4 Å². The van der Waals surface area contributed by atoms with E-state index in [0.717, 1.165) is 37.0 Å². The smallest absolute Gasteiger partial charge is 0.425 e. The quantitative estimate of drug-likeness (QED) is 0.410. The number of amides is 2. The Hall–Kier alpha value is -3.62. The maximum atomic E-state index is 15.1. The van der Waals surface area contributed by atoms with Gasteiger partial charge in [0.1, 0.15) is 5.75 Å². The molecule has 9 heteroatoms. The first-order valence-electron chi connectivity index (χ1n) is 13.2. The number of hydrogen-bond acceptors (Lipinski definition) is 4. The third-order valence-electron chi connectivity index (χ3n) is 7.35. The van der Waals surface area contributed by atoms with Gasteiger partial charge in [0.05, 0.1) is 11.7 Å². The van der Waals surface area contributed by atoms with E-state index in [2.05, 4.69) is 0 Å². The zero-order chi connectivity index (χ0) is 28.4. The summed E-state index contributed by atoms with van der Waals surface area (Å²) in [6, 6.07) is 13.1. The number of benzene rings is 2. The normalized spacial score (nSPS) is 20.5. The molecule has 2 aromatic carbocycles. The largest absolute Gasteiger partial charge is 0.491 e. The number of halogens is 3. The van der Waals surface area contributed by atoms with E-state index in [4.69, 9.17) is 4.74 Å². The fraction of sp³-hybridized carbons (Fsp3) is 0.433. The first-order chi connectivity index (χ1) is 18.5. The number of alkyl halides is 3.